The van der Waals surface area contributed by atoms with Crippen LogP contribution >= 0.6 is 15.9 Å². The molecule has 0 fully saturated rings. The van der Waals surface area contributed by atoms with Gasteiger partial charge in [-0.1, -0.05) is 0 Å². The summed E-state index contributed by atoms with van der Waals surface area (Å²) in [6.45, 7) is 1.80. The highest BCUT2D eigenvalue weighted by molar-refractivity contribution is 9.10. The third kappa shape index (κ3) is 3.78. The number of ether oxygens (including phenoxy) is 1. The summed E-state index contributed by atoms with van der Waals surface area (Å²) >= 11 is 3.21. The Morgan fingerprint density at radius 3 is 2.89 bits per heavy atom. The zero-order chi connectivity index (χ0) is 13.5. The van der Waals surface area contributed by atoms with Gasteiger partial charge in [0.25, 0.3) is 0 Å². The Morgan fingerprint density at radius 1 is 1.67 bits per heavy atom. The first-order valence-electron chi connectivity index (χ1n) is 5.26. The largest absolute Gasteiger partial charge is 0.464 e. The molecule has 2 N–H and O–H groups in total. The molecule has 0 saturated carbocycles. The molecule has 2 atom stereocenters. The van der Waals surface area contributed by atoms with Crippen molar-refractivity contribution in [2.45, 2.75) is 19.1 Å². The van der Waals surface area contributed by atoms with Crippen LogP contribution in [-0.2, 0) is 14.3 Å². The summed E-state index contributed by atoms with van der Waals surface area (Å²) < 4.78 is 5.51. The van der Waals surface area contributed by atoms with Gasteiger partial charge in [-0.25, -0.2) is 4.79 Å². The number of aliphatic hydroxyl groups is 1. The quantitative estimate of drug-likeness (QED) is 0.591. The average molecular weight is 317 g/mol. The number of rotatable bonds is 6. The molecular weight excluding hydrogens is 304 g/mol. The summed E-state index contributed by atoms with van der Waals surface area (Å²) in [5, 5.41) is 12.2. The minimum Gasteiger partial charge on any atom is -0.464 e. The lowest BCUT2D eigenvalue weighted by Crippen LogP contribution is -2.42. The second kappa shape index (κ2) is 7.07. The Kier molecular flexibility index (Phi) is 5.73. The van der Waals surface area contributed by atoms with Crippen LogP contribution in [0.2, 0.25) is 0 Å². The van der Waals surface area contributed by atoms with E-state index in [0.717, 1.165) is 4.47 Å². The first-order valence-corrected chi connectivity index (χ1v) is 6.05. The molecule has 0 aliphatic heterocycles. The molecule has 18 heavy (non-hydrogen) atoms. The van der Waals surface area contributed by atoms with Crippen LogP contribution in [0.4, 0.5) is 0 Å². The number of nitrogens with one attached hydrogen (secondary N) is 1. The number of esters is 1. The second-order valence-corrected chi connectivity index (χ2v) is 4.28. The van der Waals surface area contributed by atoms with Gasteiger partial charge in [0.1, 0.15) is 6.10 Å². The fraction of sp³-hybridized carbons (Fsp3) is 0.364. The second-order valence-electron chi connectivity index (χ2n) is 3.36. The van der Waals surface area contributed by atoms with Crippen LogP contribution in [0, 0.1) is 0 Å². The Bertz CT molecular complexity index is 410. The van der Waals surface area contributed by atoms with Gasteiger partial charge in [0.2, 0.25) is 6.41 Å². The monoisotopic (exact) mass is 316 g/mol. The number of hydrogen-bond donors (Lipinski definition) is 2. The van der Waals surface area contributed by atoms with Crippen LogP contribution in [0.5, 0.6) is 0 Å². The topological polar surface area (TPSA) is 88.5 Å². The Morgan fingerprint density at radius 2 is 2.39 bits per heavy atom. The number of amides is 1. The Labute approximate surface area is 112 Å². The summed E-state index contributed by atoms with van der Waals surface area (Å²) in [4.78, 5) is 26.0. The van der Waals surface area contributed by atoms with Gasteiger partial charge in [0, 0.05) is 10.7 Å². The van der Waals surface area contributed by atoms with Crippen molar-refractivity contribution in [3.63, 3.8) is 0 Å². The lowest BCUT2D eigenvalue weighted by Gasteiger charge is -2.20. The lowest BCUT2D eigenvalue weighted by atomic mass is 10.1. The zero-order valence-corrected chi connectivity index (χ0v) is 11.3. The summed E-state index contributed by atoms with van der Waals surface area (Å²) in [5.41, 5.74) is 0.269. The highest BCUT2D eigenvalue weighted by Gasteiger charge is 2.29. The van der Waals surface area contributed by atoms with Crippen LogP contribution in [0.15, 0.2) is 22.8 Å². The number of hydrogen-bond acceptors (Lipinski definition) is 5. The molecule has 2 unspecified atom stereocenters. The van der Waals surface area contributed by atoms with E-state index < -0.39 is 18.1 Å². The van der Waals surface area contributed by atoms with Gasteiger partial charge >= 0.3 is 5.97 Å². The fourth-order valence-corrected chi connectivity index (χ4v) is 1.56. The molecule has 0 aliphatic rings. The zero-order valence-electron chi connectivity index (χ0n) is 9.67. The molecule has 1 aromatic heterocycles. The Balaban J connectivity index is 2.87. The van der Waals surface area contributed by atoms with E-state index in [1.165, 1.54) is 6.20 Å². The SMILES string of the molecule is CCOC(=O)C(NC=O)C(O)c1ccc(Br)cn1. The highest BCUT2D eigenvalue weighted by atomic mass is 79.9. The molecule has 1 aromatic rings. The minimum atomic E-state index is -1.26. The molecule has 1 rings (SSSR count). The molecule has 0 saturated heterocycles. The maximum absolute atomic E-state index is 11.6. The molecular formula is C11H13BrN2O4. The van der Waals surface area contributed by atoms with Gasteiger partial charge in [-0.15, -0.1) is 0 Å². The normalized spacial score (nSPS) is 13.5. The number of pyridine rings is 1. The molecule has 0 radical (unpaired) electrons. The van der Waals surface area contributed by atoms with Gasteiger partial charge in [-0.3, -0.25) is 9.78 Å². The maximum Gasteiger partial charge on any atom is 0.331 e. The van der Waals surface area contributed by atoms with Crippen molar-refractivity contribution in [3.05, 3.63) is 28.5 Å². The van der Waals surface area contributed by atoms with E-state index in [2.05, 4.69) is 26.2 Å². The fourth-order valence-electron chi connectivity index (χ4n) is 1.33. The van der Waals surface area contributed by atoms with Gasteiger partial charge in [-0.2, -0.15) is 0 Å². The molecule has 6 nitrogen and oxygen atoms in total. The van der Waals surface area contributed by atoms with E-state index >= 15 is 0 Å². The molecule has 1 heterocycles. The molecule has 0 aromatic carbocycles. The van der Waals surface area contributed by atoms with E-state index in [1.54, 1.807) is 19.1 Å². The number of carbonyl (C=O) groups is 2. The third-order valence-corrected chi connectivity index (χ3v) is 2.63. The summed E-state index contributed by atoms with van der Waals surface area (Å²) in [7, 11) is 0. The van der Waals surface area contributed by atoms with Gasteiger partial charge in [0.15, 0.2) is 6.04 Å². The van der Waals surface area contributed by atoms with E-state index in [-0.39, 0.29) is 12.3 Å². The summed E-state index contributed by atoms with van der Waals surface area (Å²) in [6.07, 6.45) is 0.563. The smallest absolute Gasteiger partial charge is 0.331 e. The van der Waals surface area contributed by atoms with E-state index in [1.807, 2.05) is 0 Å². The summed E-state index contributed by atoms with van der Waals surface area (Å²) in [6, 6.07) is 2.05. The van der Waals surface area contributed by atoms with Crippen LogP contribution in [0.25, 0.3) is 0 Å². The number of aromatic nitrogens is 1. The van der Waals surface area contributed by atoms with Gasteiger partial charge < -0.3 is 15.2 Å². The van der Waals surface area contributed by atoms with Crippen molar-refractivity contribution >= 4 is 28.3 Å². The lowest BCUT2D eigenvalue weighted by molar-refractivity contribution is -0.150. The summed E-state index contributed by atoms with van der Waals surface area (Å²) in [5.74, 6) is -0.707. The van der Waals surface area contributed by atoms with Gasteiger partial charge in [0.05, 0.1) is 12.3 Å². The van der Waals surface area contributed by atoms with Crippen molar-refractivity contribution in [1.29, 1.82) is 0 Å². The molecule has 0 aliphatic carbocycles. The first-order chi connectivity index (χ1) is 8.60. The van der Waals surface area contributed by atoms with Crippen molar-refractivity contribution < 1.29 is 19.4 Å². The molecule has 98 valence electrons. The average Bonchev–Trinajstić information content (AvgIpc) is 2.36. The van der Waals surface area contributed by atoms with E-state index in [0.29, 0.717) is 6.41 Å². The van der Waals surface area contributed by atoms with Crippen molar-refractivity contribution in [2.24, 2.45) is 0 Å². The van der Waals surface area contributed by atoms with Crippen LogP contribution < -0.4 is 5.32 Å². The molecule has 1 amide bonds. The highest BCUT2D eigenvalue weighted by Crippen LogP contribution is 2.17. The van der Waals surface area contributed by atoms with Crippen molar-refractivity contribution in [3.8, 4) is 0 Å². The van der Waals surface area contributed by atoms with Crippen molar-refractivity contribution in [1.82, 2.24) is 10.3 Å². The third-order valence-electron chi connectivity index (χ3n) is 2.16. The number of aliphatic hydroxyl groups excluding tert-OH is 1. The number of carbonyl (C=O) groups excluding carboxylic acids is 2. The van der Waals surface area contributed by atoms with Crippen LogP contribution in [0.1, 0.15) is 18.7 Å². The molecule has 7 heteroatoms. The first kappa shape index (κ1) is 14.6. The molecule has 0 bridgehead atoms. The van der Waals surface area contributed by atoms with Crippen LogP contribution in [-0.4, -0.2) is 35.1 Å². The van der Waals surface area contributed by atoms with Gasteiger partial charge in [-0.05, 0) is 35.0 Å². The predicted octanol–water partition coefficient (Wildman–Crippen LogP) is 0.555. The predicted molar refractivity (Wildman–Crippen MR) is 66.5 cm³/mol. The standard InChI is InChI=1S/C11H13BrN2O4/c1-2-18-11(17)9(14-6-15)10(16)8-4-3-7(12)5-13-8/h3-6,9-10,16H,2H2,1H3,(H,14,15). The number of halogens is 1. The minimum absolute atomic E-state index is 0.163. The van der Waals surface area contributed by atoms with Crippen LogP contribution in [0.3, 0.4) is 0 Å². The van der Waals surface area contributed by atoms with E-state index in [9.17, 15) is 14.7 Å². The number of nitrogens with zero attached hydrogens (tertiary/aromatic N) is 1. The molecule has 0 spiro atoms. The maximum atomic E-state index is 11.6. The Hall–Kier alpha value is -1.47. The van der Waals surface area contributed by atoms with Crippen molar-refractivity contribution in [2.75, 3.05) is 6.61 Å². The van der Waals surface area contributed by atoms with E-state index in [4.69, 9.17) is 4.74 Å².